The summed E-state index contributed by atoms with van der Waals surface area (Å²) < 4.78 is 56.7. The van der Waals surface area contributed by atoms with Crippen molar-refractivity contribution < 1.29 is 17.9 Å². The summed E-state index contributed by atoms with van der Waals surface area (Å²) in [6.07, 6.45) is 5.37. The normalized spacial score (nSPS) is 25.7. The topological polar surface area (TPSA) is 84.6 Å². The molecule has 1 N–H and O–H groups in total. The van der Waals surface area contributed by atoms with E-state index in [1.807, 2.05) is 4.90 Å². The Morgan fingerprint density at radius 1 is 1.04 bits per heavy atom. The molecule has 0 saturated carbocycles. The number of rotatable bonds is 2. The van der Waals surface area contributed by atoms with E-state index in [2.05, 4.69) is 28.7 Å². The Balaban J connectivity index is 1.50. The van der Waals surface area contributed by atoms with Crippen LogP contribution in [0.25, 0.3) is 11.0 Å². The maximum atomic E-state index is 16.2. The Morgan fingerprint density at radius 3 is 2.50 bits per heavy atom. The highest BCUT2D eigenvalue weighted by Crippen LogP contribution is 2.44. The van der Waals surface area contributed by atoms with Crippen molar-refractivity contribution in [2.24, 2.45) is 13.0 Å². The minimum atomic E-state index is -3.36. The Kier molecular flexibility index (Phi) is 9.29. The maximum Gasteiger partial charge on any atom is 0.351 e. The van der Waals surface area contributed by atoms with E-state index in [-0.39, 0.29) is 23.0 Å². The molecule has 0 aliphatic carbocycles. The van der Waals surface area contributed by atoms with Gasteiger partial charge in [-0.3, -0.25) is 13.9 Å². The first-order chi connectivity index (χ1) is 22.1. The molecule has 1 aromatic carbocycles. The van der Waals surface area contributed by atoms with E-state index in [9.17, 15) is 9.59 Å². The number of piperidine rings is 1. The Hall–Kier alpha value is -3.64. The lowest BCUT2D eigenvalue weighted by Gasteiger charge is -2.39. The SMILES string of the molecule is C=C[C@H]1Nc2nc(=O)n(c3c2cc(N2CCOCC2)c(=O)n3C)CCCCCC(C)N2CCC(CC2)C(F)(F)c2cccc1c2F. The minimum Gasteiger partial charge on any atom is -0.378 e. The van der Waals surface area contributed by atoms with E-state index in [1.165, 1.54) is 33.4 Å². The number of alkyl halides is 2. The fraction of sp³-hybridized carbons (Fsp3) is 0.559. The van der Waals surface area contributed by atoms with Crippen LogP contribution in [0.4, 0.5) is 24.7 Å². The number of hydrogen-bond donors (Lipinski definition) is 1. The molecule has 6 bridgehead atoms. The molecule has 6 aliphatic heterocycles. The molecule has 46 heavy (non-hydrogen) atoms. The predicted octanol–water partition coefficient (Wildman–Crippen LogP) is 5.18. The quantitative estimate of drug-likeness (QED) is 0.387. The zero-order valence-corrected chi connectivity index (χ0v) is 26.6. The smallest absolute Gasteiger partial charge is 0.351 e. The molecule has 1 unspecified atom stereocenters. The van der Waals surface area contributed by atoms with Crippen LogP contribution in [-0.4, -0.2) is 64.5 Å². The lowest BCUT2D eigenvalue weighted by atomic mass is 9.84. The summed E-state index contributed by atoms with van der Waals surface area (Å²) in [6, 6.07) is 5.01. The Bertz CT molecular complexity index is 1710. The van der Waals surface area contributed by atoms with Crippen molar-refractivity contribution in [2.45, 2.75) is 70.0 Å². The van der Waals surface area contributed by atoms with Crippen molar-refractivity contribution in [1.29, 1.82) is 0 Å². The molecule has 2 fully saturated rings. The summed E-state index contributed by atoms with van der Waals surface area (Å²) >= 11 is 0. The van der Waals surface area contributed by atoms with Crippen LogP contribution in [0, 0.1) is 11.7 Å². The standard InChI is InChI=1S/C34H43F3N6O3/c1-4-27-24-10-8-11-26(29(24)35)34(36,37)23-12-15-41(16-13-23)22(2)9-6-5-7-14-43-31-25(30(38-27)39-33(43)45)21-28(32(44)40(31)3)42-17-19-46-20-18-42/h4,8,10-11,21-23,27H,1,5-7,9,12-20H2,2-3H3,(H,38,39,45)/t22?,27-/m1/s1. The van der Waals surface area contributed by atoms with Gasteiger partial charge in [-0.25, -0.2) is 18.0 Å². The molecule has 9 rings (SSSR count). The van der Waals surface area contributed by atoms with E-state index in [0.717, 1.165) is 19.3 Å². The summed E-state index contributed by atoms with van der Waals surface area (Å²) in [6.45, 7) is 9.43. The third-order valence-electron chi connectivity index (χ3n) is 10.1. The van der Waals surface area contributed by atoms with Crippen molar-refractivity contribution in [3.05, 3.63) is 74.7 Å². The van der Waals surface area contributed by atoms with Crippen LogP contribution in [0.15, 0.2) is 46.5 Å². The van der Waals surface area contributed by atoms with Crippen molar-refractivity contribution >= 4 is 22.5 Å². The van der Waals surface area contributed by atoms with E-state index >= 15 is 13.2 Å². The first-order valence-corrected chi connectivity index (χ1v) is 16.4. The van der Waals surface area contributed by atoms with Gasteiger partial charge in [-0.1, -0.05) is 37.1 Å². The first kappa shape index (κ1) is 32.3. The zero-order valence-electron chi connectivity index (χ0n) is 26.6. The average Bonchev–Trinajstić information content (AvgIpc) is 3.06. The van der Waals surface area contributed by atoms with Gasteiger partial charge in [0.15, 0.2) is 0 Å². The molecule has 12 heteroatoms. The third kappa shape index (κ3) is 5.97. The molecule has 0 radical (unpaired) electrons. The van der Waals surface area contributed by atoms with Gasteiger partial charge >= 0.3 is 5.69 Å². The monoisotopic (exact) mass is 640 g/mol. The van der Waals surface area contributed by atoms with Crippen LogP contribution in [0.5, 0.6) is 0 Å². The van der Waals surface area contributed by atoms with Crippen molar-refractivity contribution in [3.63, 3.8) is 0 Å². The second-order valence-electron chi connectivity index (χ2n) is 12.8. The summed E-state index contributed by atoms with van der Waals surface area (Å²) in [4.78, 5) is 35.8. The van der Waals surface area contributed by atoms with Gasteiger partial charge in [0.25, 0.3) is 11.5 Å². The van der Waals surface area contributed by atoms with Crippen LogP contribution < -0.4 is 21.5 Å². The zero-order chi connectivity index (χ0) is 32.6. The fourth-order valence-corrected chi connectivity index (χ4v) is 7.31. The van der Waals surface area contributed by atoms with Crippen LogP contribution in [0.2, 0.25) is 0 Å². The minimum absolute atomic E-state index is 0.0232. The molecule has 8 heterocycles. The second kappa shape index (κ2) is 13.2. The third-order valence-corrected chi connectivity index (χ3v) is 10.1. The molecular weight excluding hydrogens is 597 g/mol. The van der Waals surface area contributed by atoms with Crippen molar-refractivity contribution in [2.75, 3.05) is 49.6 Å². The number of ether oxygens (including phenoxy) is 1. The van der Waals surface area contributed by atoms with Crippen LogP contribution >= 0.6 is 0 Å². The second-order valence-corrected chi connectivity index (χ2v) is 12.8. The molecule has 2 aromatic heterocycles. The van der Waals surface area contributed by atoms with Gasteiger partial charge < -0.3 is 19.9 Å². The number of aromatic nitrogens is 3. The van der Waals surface area contributed by atoms with Crippen LogP contribution in [0.1, 0.15) is 62.6 Å². The summed E-state index contributed by atoms with van der Waals surface area (Å²) in [7, 11) is 1.63. The number of nitrogens with zero attached hydrogens (tertiary/aromatic N) is 5. The van der Waals surface area contributed by atoms with Gasteiger partial charge in [-0.05, 0) is 51.8 Å². The first-order valence-electron chi connectivity index (χ1n) is 16.4. The van der Waals surface area contributed by atoms with Gasteiger partial charge in [0.2, 0.25) is 0 Å². The molecule has 2 atom stereocenters. The number of nitrogens with one attached hydrogen (secondary N) is 1. The molecule has 2 saturated heterocycles. The highest BCUT2D eigenvalue weighted by Gasteiger charge is 2.45. The lowest BCUT2D eigenvalue weighted by molar-refractivity contribution is -0.0907. The molecular formula is C34H43F3N6O3. The van der Waals surface area contributed by atoms with Crippen molar-refractivity contribution in [1.82, 2.24) is 19.0 Å². The van der Waals surface area contributed by atoms with E-state index in [4.69, 9.17) is 4.74 Å². The number of pyridine rings is 1. The molecule has 3 aromatic rings. The van der Waals surface area contributed by atoms with Crippen molar-refractivity contribution in [3.8, 4) is 0 Å². The molecule has 0 amide bonds. The number of hydrogen-bond acceptors (Lipinski definition) is 7. The maximum absolute atomic E-state index is 16.2. The molecule has 6 aliphatic rings. The number of aryl methyl sites for hydroxylation is 2. The lowest BCUT2D eigenvalue weighted by Crippen LogP contribution is -2.43. The Morgan fingerprint density at radius 2 is 1.78 bits per heavy atom. The van der Waals surface area contributed by atoms with Gasteiger partial charge in [0, 0.05) is 44.2 Å². The van der Waals surface area contributed by atoms with Crippen LogP contribution in [-0.2, 0) is 24.3 Å². The van der Waals surface area contributed by atoms with Gasteiger partial charge in [0.1, 0.15) is 23.0 Å². The molecule has 0 spiro atoms. The fourth-order valence-electron chi connectivity index (χ4n) is 7.31. The van der Waals surface area contributed by atoms with Gasteiger partial charge in [0.05, 0.1) is 30.2 Å². The van der Waals surface area contributed by atoms with Crippen LogP contribution in [0.3, 0.4) is 0 Å². The number of benzene rings is 1. The van der Waals surface area contributed by atoms with Gasteiger partial charge in [-0.2, -0.15) is 4.98 Å². The largest absolute Gasteiger partial charge is 0.378 e. The highest BCUT2D eigenvalue weighted by atomic mass is 19.3. The predicted molar refractivity (Wildman–Crippen MR) is 173 cm³/mol. The van der Waals surface area contributed by atoms with E-state index in [1.54, 1.807) is 13.1 Å². The van der Waals surface area contributed by atoms with E-state index < -0.39 is 35.0 Å². The average molecular weight is 641 g/mol. The summed E-state index contributed by atoms with van der Waals surface area (Å²) in [5.41, 5.74) is -0.647. The Labute approximate surface area is 266 Å². The molecule has 9 nitrogen and oxygen atoms in total. The number of halogens is 3. The van der Waals surface area contributed by atoms with E-state index in [0.29, 0.717) is 81.9 Å². The highest BCUT2D eigenvalue weighted by molar-refractivity contribution is 5.90. The number of morpholine rings is 1. The number of anilines is 2. The summed E-state index contributed by atoms with van der Waals surface area (Å²) in [5, 5.41) is 3.62. The van der Waals surface area contributed by atoms with Gasteiger partial charge in [-0.15, -0.1) is 6.58 Å². The molecule has 248 valence electrons. The summed E-state index contributed by atoms with van der Waals surface area (Å²) in [5.74, 6) is -5.22.